The van der Waals surface area contributed by atoms with Gasteiger partial charge in [-0.3, -0.25) is 4.21 Å². The third kappa shape index (κ3) is 2.31. The van der Waals surface area contributed by atoms with E-state index in [1.54, 1.807) is 0 Å². The Labute approximate surface area is 80.2 Å². The molecule has 0 heterocycles. The van der Waals surface area contributed by atoms with Gasteiger partial charge in [0.05, 0.1) is 21.3 Å². The summed E-state index contributed by atoms with van der Waals surface area (Å²) in [6.45, 7) is 0. The lowest BCUT2D eigenvalue weighted by molar-refractivity contribution is -0.140. The van der Waals surface area contributed by atoms with E-state index in [4.69, 9.17) is 0 Å². The van der Waals surface area contributed by atoms with Gasteiger partial charge in [0.2, 0.25) is 0 Å². The molecule has 0 bridgehead atoms. The van der Waals surface area contributed by atoms with E-state index in [1.165, 1.54) is 0 Å². The quantitative estimate of drug-likeness (QED) is 0.672. The molecule has 0 amide bonds. The Morgan fingerprint density at radius 3 is 2.29 bits per heavy atom. The average molecular weight is 226 g/mol. The fraction of sp³-hybridized carbons (Fsp3) is 0.250. The number of halogens is 4. The Kier molecular flexibility index (Phi) is 2.94. The molecule has 0 saturated carbocycles. The van der Waals surface area contributed by atoms with Crippen LogP contribution in [0.1, 0.15) is 5.56 Å². The monoisotopic (exact) mass is 226 g/mol. The van der Waals surface area contributed by atoms with Gasteiger partial charge in [-0.2, -0.15) is 13.2 Å². The fourth-order valence-electron chi connectivity index (χ4n) is 0.974. The van der Waals surface area contributed by atoms with E-state index in [0.717, 1.165) is 18.4 Å². The molecule has 1 aromatic rings. The van der Waals surface area contributed by atoms with E-state index in [-0.39, 0.29) is 0 Å². The van der Waals surface area contributed by atoms with Crippen molar-refractivity contribution in [1.29, 1.82) is 0 Å². The molecule has 1 atom stereocenters. The van der Waals surface area contributed by atoms with Crippen LogP contribution in [-0.2, 0) is 17.0 Å². The summed E-state index contributed by atoms with van der Waals surface area (Å²) >= 11 is 0. The summed E-state index contributed by atoms with van der Waals surface area (Å²) in [5, 5.41) is 0. The van der Waals surface area contributed by atoms with E-state index in [9.17, 15) is 21.8 Å². The van der Waals surface area contributed by atoms with Crippen LogP contribution in [0, 0.1) is 5.82 Å². The highest BCUT2D eigenvalue weighted by atomic mass is 32.2. The lowest BCUT2D eigenvalue weighted by Crippen LogP contribution is -2.10. The zero-order chi connectivity index (χ0) is 10.9. The summed E-state index contributed by atoms with van der Waals surface area (Å²) in [4.78, 5) is -0.404. The van der Waals surface area contributed by atoms with Crippen LogP contribution in [0.2, 0.25) is 0 Å². The maximum atomic E-state index is 12.5. The molecule has 1 nitrogen and oxygen atoms in total. The highest BCUT2D eigenvalue weighted by molar-refractivity contribution is 7.84. The minimum absolute atomic E-state index is 0.344. The van der Waals surface area contributed by atoms with E-state index < -0.39 is 33.3 Å². The summed E-state index contributed by atoms with van der Waals surface area (Å²) in [5.74, 6) is -0.994. The van der Waals surface area contributed by atoms with Crippen LogP contribution in [0.25, 0.3) is 0 Å². The van der Waals surface area contributed by atoms with Gasteiger partial charge in [-0.1, -0.05) is 0 Å². The standard InChI is InChI=1S/C8H6F4OS/c1-14(13)7-3-2-5(9)4-6(7)8(10,11)12/h2-4H,1H3. The minimum Gasteiger partial charge on any atom is -0.255 e. The average Bonchev–Trinajstić information content (AvgIpc) is 2.01. The number of hydrogen-bond donors (Lipinski definition) is 0. The molecule has 0 aromatic heterocycles. The molecule has 0 saturated heterocycles. The van der Waals surface area contributed by atoms with Crippen molar-refractivity contribution in [2.45, 2.75) is 11.1 Å². The fourth-order valence-corrected chi connectivity index (χ4v) is 1.72. The van der Waals surface area contributed by atoms with Gasteiger partial charge in [-0.15, -0.1) is 0 Å². The molecule has 1 unspecified atom stereocenters. The summed E-state index contributed by atoms with van der Waals surface area (Å²) in [5.41, 5.74) is -1.18. The molecule has 1 aromatic carbocycles. The van der Waals surface area contributed by atoms with E-state index in [1.807, 2.05) is 0 Å². The minimum atomic E-state index is -4.68. The van der Waals surface area contributed by atoms with Crippen molar-refractivity contribution in [2.24, 2.45) is 0 Å². The van der Waals surface area contributed by atoms with Crippen LogP contribution in [0.4, 0.5) is 17.6 Å². The Morgan fingerprint density at radius 2 is 1.86 bits per heavy atom. The van der Waals surface area contributed by atoms with Crippen LogP contribution in [0.15, 0.2) is 23.1 Å². The topological polar surface area (TPSA) is 17.1 Å². The molecule has 0 N–H and O–H groups in total. The zero-order valence-corrected chi connectivity index (χ0v) is 7.88. The van der Waals surface area contributed by atoms with Crippen molar-refractivity contribution in [3.63, 3.8) is 0 Å². The Bertz CT molecular complexity index is 372. The molecular formula is C8H6F4OS. The van der Waals surface area contributed by atoms with Crippen molar-refractivity contribution in [1.82, 2.24) is 0 Å². The van der Waals surface area contributed by atoms with Gasteiger partial charge in [0, 0.05) is 6.26 Å². The second-order valence-electron chi connectivity index (χ2n) is 2.59. The first-order valence-corrected chi connectivity index (χ1v) is 5.08. The van der Waals surface area contributed by atoms with Crippen molar-refractivity contribution in [3.8, 4) is 0 Å². The number of hydrogen-bond acceptors (Lipinski definition) is 1. The molecule has 0 fully saturated rings. The van der Waals surface area contributed by atoms with Gasteiger partial charge in [-0.25, -0.2) is 4.39 Å². The van der Waals surface area contributed by atoms with Gasteiger partial charge >= 0.3 is 6.18 Å². The van der Waals surface area contributed by atoms with Crippen molar-refractivity contribution in [2.75, 3.05) is 6.26 Å². The summed E-state index contributed by atoms with van der Waals surface area (Å²) < 4.78 is 60.3. The van der Waals surface area contributed by atoms with Gasteiger partial charge in [0.25, 0.3) is 0 Å². The van der Waals surface area contributed by atoms with Crippen molar-refractivity contribution < 1.29 is 21.8 Å². The molecular weight excluding hydrogens is 220 g/mol. The predicted molar refractivity (Wildman–Crippen MR) is 43.7 cm³/mol. The molecule has 6 heteroatoms. The van der Waals surface area contributed by atoms with E-state index in [2.05, 4.69) is 0 Å². The van der Waals surface area contributed by atoms with Crippen molar-refractivity contribution >= 4 is 10.8 Å². The summed E-state index contributed by atoms with van der Waals surface area (Å²) in [7, 11) is -1.78. The molecule has 1 rings (SSSR count). The maximum absolute atomic E-state index is 12.5. The molecule has 0 spiro atoms. The van der Waals surface area contributed by atoms with E-state index in [0.29, 0.717) is 6.07 Å². The third-order valence-corrected chi connectivity index (χ3v) is 2.53. The van der Waals surface area contributed by atoms with Crippen LogP contribution >= 0.6 is 0 Å². The van der Waals surface area contributed by atoms with Gasteiger partial charge in [0.15, 0.2) is 0 Å². The Balaban J connectivity index is 3.38. The zero-order valence-electron chi connectivity index (χ0n) is 7.06. The smallest absolute Gasteiger partial charge is 0.255 e. The SMILES string of the molecule is CS(=O)c1ccc(F)cc1C(F)(F)F. The molecule has 0 aliphatic carbocycles. The van der Waals surface area contributed by atoms with Crippen LogP contribution in [0.5, 0.6) is 0 Å². The Morgan fingerprint density at radius 1 is 1.29 bits per heavy atom. The van der Waals surface area contributed by atoms with Gasteiger partial charge in [0.1, 0.15) is 5.82 Å². The first-order valence-electron chi connectivity index (χ1n) is 3.52. The first-order chi connectivity index (χ1) is 6.32. The summed E-state index contributed by atoms with van der Waals surface area (Å²) in [6, 6.07) is 2.08. The second kappa shape index (κ2) is 3.68. The Hall–Kier alpha value is -0.910. The highest BCUT2D eigenvalue weighted by Gasteiger charge is 2.34. The van der Waals surface area contributed by atoms with E-state index >= 15 is 0 Å². The molecule has 0 radical (unpaired) electrons. The summed E-state index contributed by atoms with van der Waals surface area (Å²) in [6.07, 6.45) is -3.56. The molecule has 0 aliphatic heterocycles. The molecule has 14 heavy (non-hydrogen) atoms. The van der Waals surface area contributed by atoms with Crippen molar-refractivity contribution in [3.05, 3.63) is 29.6 Å². The number of alkyl halides is 3. The van der Waals surface area contributed by atoms with Gasteiger partial charge < -0.3 is 0 Å². The molecule has 78 valence electrons. The lowest BCUT2D eigenvalue weighted by Gasteiger charge is -2.10. The highest BCUT2D eigenvalue weighted by Crippen LogP contribution is 2.33. The number of benzene rings is 1. The predicted octanol–water partition coefficient (Wildman–Crippen LogP) is 2.58. The third-order valence-electron chi connectivity index (χ3n) is 1.56. The van der Waals surface area contributed by atoms with Crippen LogP contribution < -0.4 is 0 Å². The van der Waals surface area contributed by atoms with Crippen LogP contribution in [0.3, 0.4) is 0 Å². The molecule has 0 aliphatic rings. The first kappa shape index (κ1) is 11.2. The largest absolute Gasteiger partial charge is 0.417 e. The lowest BCUT2D eigenvalue weighted by atomic mass is 10.2. The number of rotatable bonds is 1. The van der Waals surface area contributed by atoms with Crippen LogP contribution in [-0.4, -0.2) is 10.5 Å². The second-order valence-corrected chi connectivity index (χ2v) is 3.94. The normalized spacial score (nSPS) is 14.1. The maximum Gasteiger partial charge on any atom is 0.417 e. The van der Waals surface area contributed by atoms with Gasteiger partial charge in [-0.05, 0) is 18.2 Å².